The lowest BCUT2D eigenvalue weighted by Gasteiger charge is -2.32. The molecule has 1 fully saturated rings. The zero-order valence-corrected chi connectivity index (χ0v) is 16.7. The average Bonchev–Trinajstić information content (AvgIpc) is 3.14. The van der Waals surface area contributed by atoms with Crippen molar-refractivity contribution in [1.29, 1.82) is 0 Å². The predicted octanol–water partition coefficient (Wildman–Crippen LogP) is 5.48. The van der Waals surface area contributed by atoms with Crippen LogP contribution < -0.4 is 0 Å². The van der Waals surface area contributed by atoms with E-state index in [1.165, 1.54) is 48.5 Å². The van der Waals surface area contributed by atoms with E-state index in [2.05, 4.69) is 94.4 Å². The van der Waals surface area contributed by atoms with Crippen molar-refractivity contribution in [1.82, 2.24) is 14.5 Å². The van der Waals surface area contributed by atoms with Crippen LogP contribution in [0.2, 0.25) is 0 Å². The van der Waals surface area contributed by atoms with Gasteiger partial charge in [0.1, 0.15) is 5.82 Å². The molecule has 0 spiro atoms. The van der Waals surface area contributed by atoms with E-state index in [9.17, 15) is 0 Å². The van der Waals surface area contributed by atoms with Crippen LogP contribution in [0.25, 0.3) is 16.7 Å². The minimum Gasteiger partial charge on any atom is -0.299 e. The Morgan fingerprint density at radius 3 is 2.17 bits per heavy atom. The third kappa shape index (κ3) is 3.96. The van der Waals surface area contributed by atoms with Crippen molar-refractivity contribution in [3.8, 4) is 5.69 Å². The van der Waals surface area contributed by atoms with Gasteiger partial charge in [0, 0.05) is 18.7 Å². The van der Waals surface area contributed by atoms with Crippen LogP contribution in [0.5, 0.6) is 0 Å². The van der Waals surface area contributed by atoms with Crippen LogP contribution in [-0.4, -0.2) is 27.5 Å². The third-order valence-corrected chi connectivity index (χ3v) is 6.07. The molecule has 4 aromatic rings. The van der Waals surface area contributed by atoms with Crippen LogP contribution >= 0.6 is 0 Å². The average molecular weight is 382 g/mol. The van der Waals surface area contributed by atoms with Crippen LogP contribution in [0.4, 0.5) is 0 Å². The highest BCUT2D eigenvalue weighted by molar-refractivity contribution is 5.78. The van der Waals surface area contributed by atoms with E-state index in [1.807, 2.05) is 0 Å². The van der Waals surface area contributed by atoms with Crippen molar-refractivity contribution < 1.29 is 0 Å². The van der Waals surface area contributed by atoms with Gasteiger partial charge in [-0.15, -0.1) is 0 Å². The molecule has 0 atom stereocenters. The predicted molar refractivity (Wildman–Crippen MR) is 119 cm³/mol. The molecule has 1 saturated heterocycles. The molecule has 0 amide bonds. The first-order valence-electron chi connectivity index (χ1n) is 10.6. The minimum atomic E-state index is 0.696. The van der Waals surface area contributed by atoms with E-state index in [1.54, 1.807) is 0 Å². The van der Waals surface area contributed by atoms with Crippen molar-refractivity contribution in [2.75, 3.05) is 13.1 Å². The molecule has 2 heterocycles. The van der Waals surface area contributed by atoms with Gasteiger partial charge < -0.3 is 0 Å². The molecule has 29 heavy (non-hydrogen) atoms. The summed E-state index contributed by atoms with van der Waals surface area (Å²) in [6.07, 6.45) is 3.53. The lowest BCUT2D eigenvalue weighted by atomic mass is 9.93. The van der Waals surface area contributed by atoms with Crippen LogP contribution in [0, 0.1) is 5.92 Å². The maximum Gasteiger partial charge on any atom is 0.114 e. The molecule has 1 aliphatic rings. The largest absolute Gasteiger partial charge is 0.299 e. The van der Waals surface area contributed by atoms with Gasteiger partial charge in [-0.05, 0) is 61.7 Å². The van der Waals surface area contributed by atoms with E-state index in [0.717, 1.165) is 18.5 Å². The summed E-state index contributed by atoms with van der Waals surface area (Å²) in [7, 11) is 0. The number of aromatic nitrogens is 2. The molecule has 0 unspecified atom stereocenters. The van der Waals surface area contributed by atoms with Gasteiger partial charge in [-0.2, -0.15) is 0 Å². The van der Waals surface area contributed by atoms with Gasteiger partial charge in [0.2, 0.25) is 0 Å². The van der Waals surface area contributed by atoms with Crippen LogP contribution in [0.3, 0.4) is 0 Å². The Hall–Kier alpha value is -2.91. The van der Waals surface area contributed by atoms with Crippen molar-refractivity contribution in [3.05, 3.63) is 96.3 Å². The maximum absolute atomic E-state index is 5.02. The fourth-order valence-electron chi connectivity index (χ4n) is 4.53. The van der Waals surface area contributed by atoms with Gasteiger partial charge >= 0.3 is 0 Å². The molecule has 0 radical (unpaired) electrons. The quantitative estimate of drug-likeness (QED) is 0.456. The van der Waals surface area contributed by atoms with E-state index < -0.39 is 0 Å². The molecular weight excluding hydrogens is 354 g/mol. The number of imidazole rings is 1. The first-order valence-corrected chi connectivity index (χ1v) is 10.6. The summed E-state index contributed by atoms with van der Waals surface area (Å²) in [5, 5.41) is 0. The highest BCUT2D eigenvalue weighted by Crippen LogP contribution is 2.27. The fourth-order valence-corrected chi connectivity index (χ4v) is 4.53. The van der Waals surface area contributed by atoms with Crippen molar-refractivity contribution in [2.45, 2.75) is 25.8 Å². The van der Waals surface area contributed by atoms with Crippen molar-refractivity contribution in [3.63, 3.8) is 0 Å². The van der Waals surface area contributed by atoms with E-state index >= 15 is 0 Å². The van der Waals surface area contributed by atoms with Gasteiger partial charge in [-0.25, -0.2) is 4.98 Å². The lowest BCUT2D eigenvalue weighted by molar-refractivity contribution is 0.176. The van der Waals surface area contributed by atoms with Gasteiger partial charge in [0.25, 0.3) is 0 Å². The minimum absolute atomic E-state index is 0.696. The summed E-state index contributed by atoms with van der Waals surface area (Å²) in [4.78, 5) is 7.61. The Labute approximate surface area is 172 Å². The highest BCUT2D eigenvalue weighted by Gasteiger charge is 2.22. The van der Waals surface area contributed by atoms with Crippen LogP contribution in [0.15, 0.2) is 84.9 Å². The third-order valence-electron chi connectivity index (χ3n) is 6.07. The van der Waals surface area contributed by atoms with Crippen molar-refractivity contribution >= 4 is 11.0 Å². The summed E-state index contributed by atoms with van der Waals surface area (Å²) in [6.45, 7) is 3.41. The molecule has 3 aromatic carbocycles. The Morgan fingerprint density at radius 1 is 0.759 bits per heavy atom. The molecule has 3 nitrogen and oxygen atoms in total. The number of piperidine rings is 1. The SMILES string of the molecule is c1ccc(CN2CCC(Cc3nc4ccccc4n3-c3ccccc3)CC2)cc1. The Kier molecular flexibility index (Phi) is 5.14. The molecule has 1 aromatic heterocycles. The number of nitrogens with zero attached hydrogens (tertiary/aromatic N) is 3. The number of hydrogen-bond acceptors (Lipinski definition) is 2. The number of para-hydroxylation sites is 3. The van der Waals surface area contributed by atoms with Crippen LogP contribution in [-0.2, 0) is 13.0 Å². The standard InChI is InChI=1S/C26H27N3/c1-3-9-22(10-4-1)20-28-17-15-21(16-18-28)19-26-27-24-13-7-8-14-25(24)29(26)23-11-5-2-6-12-23/h1-14,21H,15-20H2. The molecule has 1 aliphatic heterocycles. The number of likely N-dealkylation sites (tertiary alicyclic amines) is 1. The molecule has 3 heteroatoms. The molecule has 0 saturated carbocycles. The summed E-state index contributed by atoms with van der Waals surface area (Å²) < 4.78 is 2.35. The Bertz CT molecular complexity index is 1060. The maximum atomic E-state index is 5.02. The number of benzene rings is 3. The molecule has 0 aliphatic carbocycles. The topological polar surface area (TPSA) is 21.1 Å². The first kappa shape index (κ1) is 18.1. The van der Waals surface area contributed by atoms with Crippen molar-refractivity contribution in [2.24, 2.45) is 5.92 Å². The highest BCUT2D eigenvalue weighted by atomic mass is 15.1. The van der Waals surface area contributed by atoms with Crippen LogP contribution in [0.1, 0.15) is 24.2 Å². The second-order valence-corrected chi connectivity index (χ2v) is 8.10. The van der Waals surface area contributed by atoms with E-state index in [4.69, 9.17) is 4.98 Å². The zero-order chi connectivity index (χ0) is 19.5. The van der Waals surface area contributed by atoms with E-state index in [-0.39, 0.29) is 0 Å². The molecule has 5 rings (SSSR count). The van der Waals surface area contributed by atoms with Gasteiger partial charge in [-0.3, -0.25) is 9.47 Å². The summed E-state index contributed by atoms with van der Waals surface area (Å²) in [5.74, 6) is 1.89. The normalized spacial score (nSPS) is 15.7. The molecule has 0 N–H and O–H groups in total. The van der Waals surface area contributed by atoms with Gasteiger partial charge in [0.05, 0.1) is 11.0 Å². The lowest BCUT2D eigenvalue weighted by Crippen LogP contribution is -2.34. The number of fused-ring (bicyclic) bond motifs is 1. The van der Waals surface area contributed by atoms with E-state index in [0.29, 0.717) is 5.92 Å². The fraction of sp³-hybridized carbons (Fsp3) is 0.269. The molecule has 146 valence electrons. The zero-order valence-electron chi connectivity index (χ0n) is 16.7. The Balaban J connectivity index is 1.32. The second kappa shape index (κ2) is 8.22. The van der Waals surface area contributed by atoms with Gasteiger partial charge in [0.15, 0.2) is 0 Å². The first-order chi connectivity index (χ1) is 14.4. The summed E-state index contributed by atoms with van der Waals surface area (Å²) >= 11 is 0. The summed E-state index contributed by atoms with van der Waals surface area (Å²) in [6, 6.07) is 30.0. The smallest absolute Gasteiger partial charge is 0.114 e. The summed E-state index contributed by atoms with van der Waals surface area (Å²) in [5.41, 5.74) is 4.91. The number of hydrogen-bond donors (Lipinski definition) is 0. The van der Waals surface area contributed by atoms with Gasteiger partial charge in [-0.1, -0.05) is 60.7 Å². The number of rotatable bonds is 5. The second-order valence-electron chi connectivity index (χ2n) is 8.10. The molecule has 0 bridgehead atoms. The Morgan fingerprint density at radius 2 is 1.41 bits per heavy atom. The monoisotopic (exact) mass is 381 g/mol. The molecular formula is C26H27N3.